The van der Waals surface area contributed by atoms with E-state index in [4.69, 9.17) is 34.8 Å². The van der Waals surface area contributed by atoms with Crippen LogP contribution in [-0.2, 0) is 4.79 Å². The van der Waals surface area contributed by atoms with Gasteiger partial charge in [-0.2, -0.15) is 0 Å². The van der Waals surface area contributed by atoms with Crippen molar-refractivity contribution in [2.75, 3.05) is 31.5 Å². The molecule has 2 atom stereocenters. The lowest BCUT2D eigenvalue weighted by molar-refractivity contribution is -0.128. The minimum Gasteiger partial charge on any atom is -0.352 e. The van der Waals surface area contributed by atoms with Crippen molar-refractivity contribution < 1.29 is 9.59 Å². The molecule has 2 fully saturated rings. The van der Waals surface area contributed by atoms with Crippen LogP contribution in [0.4, 0.5) is 10.5 Å². The highest BCUT2D eigenvalue weighted by molar-refractivity contribution is 6.35. The molecule has 4 rings (SSSR count). The summed E-state index contributed by atoms with van der Waals surface area (Å²) in [5.41, 5.74) is 1.66. The van der Waals surface area contributed by atoms with Gasteiger partial charge in [-0.25, -0.2) is 4.79 Å². The molecule has 6 nitrogen and oxygen atoms in total. The van der Waals surface area contributed by atoms with Crippen molar-refractivity contribution in [3.8, 4) is 0 Å². The van der Waals surface area contributed by atoms with Crippen molar-refractivity contribution in [2.45, 2.75) is 44.1 Å². The standard InChI is InChI=1S/C26H31Cl3N4O2/c27-20-6-4-17(5-7-20)19(15-30-26(35)32-24-13-21(28)12-22(29)14-24)8-10-33-11-9-23(16-33)31-25(34)18-2-1-3-18/h4-7,12-14,18-19,23H,1-3,8-11,15-16H2,(H,31,34)(H2,30,32,35). The molecule has 1 aliphatic carbocycles. The van der Waals surface area contributed by atoms with Crippen LogP contribution in [-0.4, -0.2) is 49.1 Å². The van der Waals surface area contributed by atoms with Gasteiger partial charge in [-0.05, 0) is 68.1 Å². The molecule has 2 unspecified atom stereocenters. The van der Waals surface area contributed by atoms with Crippen molar-refractivity contribution >= 4 is 52.4 Å². The third-order valence-corrected chi connectivity index (χ3v) is 7.55. The van der Waals surface area contributed by atoms with E-state index in [1.165, 1.54) is 6.42 Å². The van der Waals surface area contributed by atoms with Gasteiger partial charge < -0.3 is 20.9 Å². The number of carbonyl (C=O) groups excluding carboxylic acids is 2. The summed E-state index contributed by atoms with van der Waals surface area (Å²) in [6, 6.07) is 12.6. The van der Waals surface area contributed by atoms with E-state index >= 15 is 0 Å². The molecule has 2 aliphatic rings. The van der Waals surface area contributed by atoms with Crippen molar-refractivity contribution in [1.29, 1.82) is 0 Å². The lowest BCUT2D eigenvalue weighted by atomic mass is 9.84. The summed E-state index contributed by atoms with van der Waals surface area (Å²) in [5.74, 6) is 0.557. The fourth-order valence-electron chi connectivity index (χ4n) is 4.62. The highest BCUT2D eigenvalue weighted by Gasteiger charge is 2.30. The van der Waals surface area contributed by atoms with Gasteiger partial charge in [0.1, 0.15) is 0 Å². The quantitative estimate of drug-likeness (QED) is 0.371. The third-order valence-electron chi connectivity index (χ3n) is 6.86. The molecule has 1 heterocycles. The molecule has 1 aliphatic heterocycles. The summed E-state index contributed by atoms with van der Waals surface area (Å²) in [5, 5.41) is 10.6. The van der Waals surface area contributed by atoms with Gasteiger partial charge in [0.25, 0.3) is 0 Å². The highest BCUT2D eigenvalue weighted by Crippen LogP contribution is 2.27. The van der Waals surface area contributed by atoms with E-state index in [0.717, 1.165) is 50.9 Å². The Bertz CT molecular complexity index is 1010. The number of anilines is 1. The number of hydrogen-bond acceptors (Lipinski definition) is 3. The molecule has 3 amide bonds. The smallest absolute Gasteiger partial charge is 0.319 e. The fourth-order valence-corrected chi connectivity index (χ4v) is 5.27. The molecule has 2 aromatic carbocycles. The first-order chi connectivity index (χ1) is 16.9. The molecule has 0 aromatic heterocycles. The fraction of sp³-hybridized carbons (Fsp3) is 0.462. The predicted octanol–water partition coefficient (Wildman–Crippen LogP) is 5.93. The molecule has 0 bridgehead atoms. The molecule has 2 aromatic rings. The van der Waals surface area contributed by atoms with Crippen molar-refractivity contribution in [2.24, 2.45) is 5.92 Å². The predicted molar refractivity (Wildman–Crippen MR) is 143 cm³/mol. The maximum atomic E-state index is 12.5. The number of carbonyl (C=O) groups is 2. The van der Waals surface area contributed by atoms with E-state index < -0.39 is 0 Å². The summed E-state index contributed by atoms with van der Waals surface area (Å²) in [6.45, 7) is 3.19. The summed E-state index contributed by atoms with van der Waals surface area (Å²) in [4.78, 5) is 27.2. The highest BCUT2D eigenvalue weighted by atomic mass is 35.5. The number of amides is 3. The Morgan fingerprint density at radius 3 is 2.34 bits per heavy atom. The molecule has 35 heavy (non-hydrogen) atoms. The van der Waals surface area contributed by atoms with Gasteiger partial charge in [0.15, 0.2) is 0 Å². The summed E-state index contributed by atoms with van der Waals surface area (Å²) >= 11 is 18.1. The summed E-state index contributed by atoms with van der Waals surface area (Å²) in [6.07, 6.45) is 5.06. The molecule has 1 saturated carbocycles. The van der Waals surface area contributed by atoms with E-state index in [1.807, 2.05) is 24.3 Å². The number of likely N-dealkylation sites (tertiary alicyclic amines) is 1. The van der Waals surface area contributed by atoms with Crippen LogP contribution in [0.15, 0.2) is 42.5 Å². The maximum Gasteiger partial charge on any atom is 0.319 e. The first-order valence-electron chi connectivity index (χ1n) is 12.1. The van der Waals surface area contributed by atoms with Crippen molar-refractivity contribution in [3.05, 3.63) is 63.1 Å². The number of nitrogens with zero attached hydrogens (tertiary/aromatic N) is 1. The number of urea groups is 1. The Morgan fingerprint density at radius 1 is 0.971 bits per heavy atom. The van der Waals surface area contributed by atoms with E-state index in [-0.39, 0.29) is 29.8 Å². The van der Waals surface area contributed by atoms with Crippen LogP contribution >= 0.6 is 34.8 Å². The van der Waals surface area contributed by atoms with Gasteiger partial charge in [-0.3, -0.25) is 4.79 Å². The number of nitrogens with one attached hydrogen (secondary N) is 3. The monoisotopic (exact) mass is 536 g/mol. The van der Waals surface area contributed by atoms with Gasteiger partial charge >= 0.3 is 6.03 Å². The number of halogens is 3. The van der Waals surface area contributed by atoms with E-state index in [0.29, 0.717) is 27.3 Å². The first-order valence-corrected chi connectivity index (χ1v) is 13.3. The van der Waals surface area contributed by atoms with Gasteiger partial charge in [-0.1, -0.05) is 53.4 Å². The Balaban J connectivity index is 1.29. The van der Waals surface area contributed by atoms with Crippen LogP contribution in [0.1, 0.15) is 43.6 Å². The van der Waals surface area contributed by atoms with Gasteiger partial charge in [0.05, 0.1) is 0 Å². The molecule has 9 heteroatoms. The number of benzene rings is 2. The second-order valence-corrected chi connectivity index (χ2v) is 10.8. The lowest BCUT2D eigenvalue weighted by Gasteiger charge is -2.26. The zero-order valence-electron chi connectivity index (χ0n) is 19.5. The molecular weight excluding hydrogens is 507 g/mol. The second-order valence-electron chi connectivity index (χ2n) is 9.45. The molecule has 1 saturated heterocycles. The van der Waals surface area contributed by atoms with Gasteiger partial charge in [0, 0.05) is 58.3 Å². The zero-order chi connectivity index (χ0) is 24.8. The molecule has 3 N–H and O–H groups in total. The molecule has 188 valence electrons. The lowest BCUT2D eigenvalue weighted by Crippen LogP contribution is -2.42. The Morgan fingerprint density at radius 2 is 1.69 bits per heavy atom. The third kappa shape index (κ3) is 7.74. The Kier molecular flexibility index (Phi) is 9.17. The summed E-state index contributed by atoms with van der Waals surface area (Å²) < 4.78 is 0. The van der Waals surface area contributed by atoms with Crippen LogP contribution in [0, 0.1) is 5.92 Å². The zero-order valence-corrected chi connectivity index (χ0v) is 21.8. The molecular formula is C26H31Cl3N4O2. The van der Waals surface area contributed by atoms with Crippen molar-refractivity contribution in [1.82, 2.24) is 15.5 Å². The topological polar surface area (TPSA) is 73.5 Å². The van der Waals surface area contributed by atoms with Crippen LogP contribution in [0.25, 0.3) is 0 Å². The Labute approximate surface area is 221 Å². The van der Waals surface area contributed by atoms with Crippen LogP contribution in [0.3, 0.4) is 0 Å². The average Bonchev–Trinajstić information content (AvgIpc) is 3.19. The van der Waals surface area contributed by atoms with Crippen molar-refractivity contribution in [3.63, 3.8) is 0 Å². The second kappa shape index (κ2) is 12.3. The SMILES string of the molecule is O=C(NCC(CCN1CCC(NC(=O)C2CCC2)C1)c1ccc(Cl)cc1)Nc1cc(Cl)cc(Cl)c1. The van der Waals surface area contributed by atoms with Crippen LogP contribution in [0.2, 0.25) is 15.1 Å². The number of hydrogen-bond donors (Lipinski definition) is 3. The minimum absolute atomic E-state index is 0.115. The number of rotatable bonds is 9. The normalized spacial score (nSPS) is 19.1. The van der Waals surface area contributed by atoms with Gasteiger partial charge in [0.2, 0.25) is 5.91 Å². The van der Waals surface area contributed by atoms with Crippen LogP contribution in [0.5, 0.6) is 0 Å². The molecule has 0 radical (unpaired) electrons. The Hall–Kier alpha value is -1.99. The summed E-state index contributed by atoms with van der Waals surface area (Å²) in [7, 11) is 0. The average molecular weight is 538 g/mol. The van der Waals surface area contributed by atoms with E-state index in [1.54, 1.807) is 18.2 Å². The first kappa shape index (κ1) is 26.1. The van der Waals surface area contributed by atoms with E-state index in [9.17, 15) is 9.59 Å². The van der Waals surface area contributed by atoms with Gasteiger partial charge in [-0.15, -0.1) is 0 Å². The molecule has 0 spiro atoms. The van der Waals surface area contributed by atoms with E-state index in [2.05, 4.69) is 20.9 Å². The largest absolute Gasteiger partial charge is 0.352 e. The maximum absolute atomic E-state index is 12.5. The minimum atomic E-state index is -0.317. The van der Waals surface area contributed by atoms with Crippen LogP contribution < -0.4 is 16.0 Å².